The molecule has 0 aliphatic rings. The molecule has 2 aromatic carbocycles. The minimum atomic E-state index is -3.76. The Hall–Kier alpha value is -2.71. The summed E-state index contributed by atoms with van der Waals surface area (Å²) in [7, 11) is -2.32. The fraction of sp³-hybridized carbons (Fsp3) is 0.222. The third-order valence-electron chi connectivity index (χ3n) is 4.09. The average Bonchev–Trinajstić information content (AvgIpc) is 2.64. The second-order valence-electron chi connectivity index (χ2n) is 5.88. The third kappa shape index (κ3) is 3.76. The Morgan fingerprint density at radius 2 is 1.81 bits per heavy atom. The van der Waals surface area contributed by atoms with E-state index in [0.29, 0.717) is 11.9 Å². The summed E-state index contributed by atoms with van der Waals surface area (Å²) in [6.45, 7) is 0.275. The van der Waals surface area contributed by atoms with Crippen molar-refractivity contribution in [1.29, 1.82) is 0 Å². The number of aryl methyl sites for hydroxylation is 2. The lowest BCUT2D eigenvalue weighted by molar-refractivity contribution is 0.432. The van der Waals surface area contributed by atoms with Gasteiger partial charge in [-0.15, -0.1) is 0 Å². The van der Waals surface area contributed by atoms with E-state index in [1.807, 2.05) is 30.3 Å². The molecule has 0 bridgehead atoms. The van der Waals surface area contributed by atoms with Crippen LogP contribution in [0.25, 0.3) is 10.9 Å². The van der Waals surface area contributed by atoms with E-state index in [1.165, 1.54) is 25.2 Å². The number of fused-ring (bicyclic) bond motifs is 1. The first kappa shape index (κ1) is 18.1. The van der Waals surface area contributed by atoms with E-state index >= 15 is 0 Å². The fourth-order valence-corrected chi connectivity index (χ4v) is 3.77. The lowest BCUT2D eigenvalue weighted by Gasteiger charge is -2.08. The van der Waals surface area contributed by atoms with Crippen LogP contribution in [-0.2, 0) is 23.5 Å². The Labute approximate surface area is 149 Å². The standard InChI is InChI=1S/C18H18N2O5S/c1-20-16-10-9-14(12-15(16)17(21)25-18(20)22)26(23,24)19-11-5-8-13-6-3-2-4-7-13/h2-4,6-7,9-10,12,19H,5,8,11H2,1H3. The maximum atomic E-state index is 12.4. The number of aromatic nitrogens is 1. The van der Waals surface area contributed by atoms with Gasteiger partial charge in [-0.3, -0.25) is 4.57 Å². The van der Waals surface area contributed by atoms with Gasteiger partial charge in [-0.2, -0.15) is 0 Å². The van der Waals surface area contributed by atoms with Crippen LogP contribution in [0, 0.1) is 0 Å². The maximum Gasteiger partial charge on any atom is 0.422 e. The van der Waals surface area contributed by atoms with Crippen molar-refractivity contribution in [2.45, 2.75) is 17.7 Å². The van der Waals surface area contributed by atoms with Gasteiger partial charge in [-0.05, 0) is 36.6 Å². The van der Waals surface area contributed by atoms with Crippen LogP contribution in [0.15, 0.2) is 67.4 Å². The minimum absolute atomic E-state index is 0.0410. The van der Waals surface area contributed by atoms with Crippen LogP contribution in [0.1, 0.15) is 12.0 Å². The Kier molecular flexibility index (Phi) is 5.06. The van der Waals surface area contributed by atoms with E-state index in [-0.39, 0.29) is 16.8 Å². The van der Waals surface area contributed by atoms with Gasteiger partial charge in [0.05, 0.1) is 15.8 Å². The van der Waals surface area contributed by atoms with Crippen molar-refractivity contribution in [3.05, 3.63) is 75.1 Å². The molecule has 1 N–H and O–H groups in total. The predicted molar refractivity (Wildman–Crippen MR) is 97.7 cm³/mol. The van der Waals surface area contributed by atoms with E-state index in [2.05, 4.69) is 9.14 Å². The van der Waals surface area contributed by atoms with E-state index in [4.69, 9.17) is 0 Å². The molecule has 1 heterocycles. The highest BCUT2D eigenvalue weighted by Gasteiger charge is 2.16. The van der Waals surface area contributed by atoms with Crippen molar-refractivity contribution < 1.29 is 12.8 Å². The SMILES string of the molecule is Cn1c(=O)oc(=O)c2cc(S(=O)(=O)NCCCc3ccccc3)ccc21. The number of rotatable bonds is 6. The van der Waals surface area contributed by atoms with Crippen molar-refractivity contribution >= 4 is 20.9 Å². The predicted octanol–water partition coefficient (Wildman–Crippen LogP) is 1.40. The largest absolute Gasteiger partial charge is 0.422 e. The first-order valence-corrected chi connectivity index (χ1v) is 9.54. The number of benzene rings is 2. The molecular weight excluding hydrogens is 356 g/mol. The first-order chi connectivity index (χ1) is 12.4. The van der Waals surface area contributed by atoms with Gasteiger partial charge in [0.1, 0.15) is 0 Å². The summed E-state index contributed by atoms with van der Waals surface area (Å²) in [5, 5.41) is 0.0410. The molecule has 0 spiro atoms. The third-order valence-corrected chi connectivity index (χ3v) is 5.55. The molecule has 0 radical (unpaired) electrons. The number of nitrogens with one attached hydrogen (secondary N) is 1. The van der Waals surface area contributed by atoms with Crippen molar-refractivity contribution in [2.24, 2.45) is 7.05 Å². The zero-order valence-corrected chi connectivity index (χ0v) is 15.0. The zero-order valence-electron chi connectivity index (χ0n) is 14.1. The maximum absolute atomic E-state index is 12.4. The summed E-state index contributed by atoms with van der Waals surface area (Å²) in [5.74, 6) is -0.794. The van der Waals surface area contributed by atoms with Gasteiger partial charge in [0.15, 0.2) is 0 Å². The zero-order chi connectivity index (χ0) is 18.7. The van der Waals surface area contributed by atoms with E-state index in [9.17, 15) is 18.0 Å². The van der Waals surface area contributed by atoms with Crippen LogP contribution < -0.4 is 16.1 Å². The van der Waals surface area contributed by atoms with E-state index < -0.39 is 21.4 Å². The normalized spacial score (nSPS) is 11.7. The summed E-state index contributed by atoms with van der Waals surface area (Å²) in [5.41, 5.74) is 0.592. The van der Waals surface area contributed by atoms with Gasteiger partial charge in [0.25, 0.3) is 0 Å². The molecule has 0 saturated heterocycles. The molecule has 0 fully saturated rings. The summed E-state index contributed by atoms with van der Waals surface area (Å²) < 4.78 is 33.1. The van der Waals surface area contributed by atoms with Gasteiger partial charge >= 0.3 is 11.4 Å². The van der Waals surface area contributed by atoms with Crippen molar-refractivity contribution in [2.75, 3.05) is 6.54 Å². The highest BCUT2D eigenvalue weighted by molar-refractivity contribution is 7.89. The molecule has 0 saturated carbocycles. The number of nitrogens with zero attached hydrogens (tertiary/aromatic N) is 1. The molecule has 3 rings (SSSR count). The van der Waals surface area contributed by atoms with Gasteiger partial charge in [0, 0.05) is 13.6 Å². The van der Waals surface area contributed by atoms with Crippen LogP contribution >= 0.6 is 0 Å². The Balaban J connectivity index is 1.77. The van der Waals surface area contributed by atoms with E-state index in [1.54, 1.807) is 0 Å². The molecule has 136 valence electrons. The molecular formula is C18H18N2O5S. The molecule has 26 heavy (non-hydrogen) atoms. The minimum Gasteiger partial charge on any atom is -0.372 e. The molecule has 0 atom stereocenters. The second kappa shape index (κ2) is 7.27. The average molecular weight is 374 g/mol. The molecule has 8 heteroatoms. The summed E-state index contributed by atoms with van der Waals surface area (Å²) >= 11 is 0. The Morgan fingerprint density at radius 1 is 1.08 bits per heavy atom. The van der Waals surface area contributed by atoms with Crippen LogP contribution in [0.4, 0.5) is 0 Å². The summed E-state index contributed by atoms with van der Waals surface area (Å²) in [6, 6.07) is 13.8. The van der Waals surface area contributed by atoms with E-state index in [0.717, 1.165) is 16.6 Å². The van der Waals surface area contributed by atoms with Crippen LogP contribution in [-0.4, -0.2) is 19.5 Å². The quantitative estimate of drug-likeness (QED) is 0.658. The topological polar surface area (TPSA) is 98.4 Å². The molecule has 7 nitrogen and oxygen atoms in total. The lowest BCUT2D eigenvalue weighted by atomic mass is 10.1. The first-order valence-electron chi connectivity index (χ1n) is 8.06. The van der Waals surface area contributed by atoms with Crippen molar-refractivity contribution in [3.8, 4) is 0 Å². The highest BCUT2D eigenvalue weighted by Crippen LogP contribution is 2.15. The lowest BCUT2D eigenvalue weighted by Crippen LogP contribution is -2.26. The molecule has 0 amide bonds. The second-order valence-corrected chi connectivity index (χ2v) is 7.65. The fourth-order valence-electron chi connectivity index (χ4n) is 2.67. The van der Waals surface area contributed by atoms with Gasteiger partial charge in [-0.25, -0.2) is 22.7 Å². The van der Waals surface area contributed by atoms with Crippen molar-refractivity contribution in [1.82, 2.24) is 9.29 Å². The van der Waals surface area contributed by atoms with Gasteiger partial charge in [-0.1, -0.05) is 30.3 Å². The Bertz CT molecular complexity index is 1150. The number of hydrogen-bond donors (Lipinski definition) is 1. The molecule has 0 aliphatic carbocycles. The number of sulfonamides is 1. The molecule has 1 aromatic heterocycles. The number of hydrogen-bond acceptors (Lipinski definition) is 5. The van der Waals surface area contributed by atoms with Gasteiger partial charge < -0.3 is 4.42 Å². The van der Waals surface area contributed by atoms with Crippen LogP contribution in [0.2, 0.25) is 0 Å². The Morgan fingerprint density at radius 3 is 2.54 bits per heavy atom. The summed E-state index contributed by atoms with van der Waals surface area (Å²) in [4.78, 5) is 23.3. The summed E-state index contributed by atoms with van der Waals surface area (Å²) in [6.07, 6.45) is 1.40. The molecule has 0 aliphatic heterocycles. The van der Waals surface area contributed by atoms with Crippen LogP contribution in [0.3, 0.4) is 0 Å². The molecule has 3 aromatic rings. The van der Waals surface area contributed by atoms with Crippen LogP contribution in [0.5, 0.6) is 0 Å². The van der Waals surface area contributed by atoms with Crippen molar-refractivity contribution in [3.63, 3.8) is 0 Å². The monoisotopic (exact) mass is 374 g/mol. The molecule has 0 unspecified atom stereocenters. The smallest absolute Gasteiger partial charge is 0.372 e. The highest BCUT2D eigenvalue weighted by atomic mass is 32.2. The van der Waals surface area contributed by atoms with Gasteiger partial charge in [0.2, 0.25) is 10.0 Å².